The third kappa shape index (κ3) is 4.69. The Bertz CT molecular complexity index is 1040. The van der Waals surface area contributed by atoms with Crippen molar-refractivity contribution >= 4 is 57.0 Å². The lowest BCUT2D eigenvalue weighted by Gasteiger charge is -2.08. The van der Waals surface area contributed by atoms with Gasteiger partial charge in [0, 0.05) is 26.4 Å². The van der Waals surface area contributed by atoms with E-state index in [9.17, 15) is 14.4 Å². The highest BCUT2D eigenvalue weighted by molar-refractivity contribution is 14.1. The van der Waals surface area contributed by atoms with Gasteiger partial charge >= 0.3 is 11.9 Å². The molecule has 0 bridgehead atoms. The van der Waals surface area contributed by atoms with E-state index in [1.807, 2.05) is 12.1 Å². The minimum atomic E-state index is -0.588. The smallest absolute Gasteiger partial charge is 0.340 e. The van der Waals surface area contributed by atoms with E-state index in [-0.39, 0.29) is 6.54 Å². The largest absolute Gasteiger partial charge is 0.465 e. The standard InChI is InChI=1S/C20H17IN2O5/c1-27-20(26)16-10-23(17-8-3-2-7-15(16)17)11-19(25)28-12-18(24)22-14-6-4-5-13(21)9-14/h2-10H,11-12H2,1H3,(H,22,24). The summed E-state index contributed by atoms with van der Waals surface area (Å²) in [5.74, 6) is -1.50. The van der Waals surface area contributed by atoms with Gasteiger partial charge in [0.1, 0.15) is 6.54 Å². The van der Waals surface area contributed by atoms with Crippen LogP contribution in [0.4, 0.5) is 5.69 Å². The second-order valence-electron chi connectivity index (χ2n) is 5.90. The zero-order valence-electron chi connectivity index (χ0n) is 15.0. The van der Waals surface area contributed by atoms with Crippen LogP contribution < -0.4 is 5.32 Å². The highest BCUT2D eigenvalue weighted by Gasteiger charge is 2.17. The first-order valence-corrected chi connectivity index (χ1v) is 9.43. The molecule has 0 saturated carbocycles. The van der Waals surface area contributed by atoms with E-state index in [4.69, 9.17) is 9.47 Å². The average molecular weight is 492 g/mol. The van der Waals surface area contributed by atoms with Gasteiger partial charge in [0.2, 0.25) is 0 Å². The first-order valence-electron chi connectivity index (χ1n) is 8.35. The van der Waals surface area contributed by atoms with E-state index in [2.05, 4.69) is 27.9 Å². The van der Waals surface area contributed by atoms with Crippen LogP contribution in [0.15, 0.2) is 54.7 Å². The van der Waals surface area contributed by atoms with Crippen molar-refractivity contribution in [3.63, 3.8) is 0 Å². The summed E-state index contributed by atoms with van der Waals surface area (Å²) in [5.41, 5.74) is 1.69. The molecule has 0 spiro atoms. The molecule has 0 aliphatic rings. The molecular formula is C20H17IN2O5. The van der Waals surface area contributed by atoms with Crippen LogP contribution in [-0.4, -0.2) is 36.1 Å². The van der Waals surface area contributed by atoms with E-state index in [0.29, 0.717) is 22.2 Å². The molecular weight excluding hydrogens is 475 g/mol. The Labute approximate surface area is 174 Å². The molecule has 3 aromatic rings. The third-order valence-corrected chi connectivity index (χ3v) is 4.64. The molecule has 1 aromatic heterocycles. The second kappa shape index (κ2) is 8.87. The number of methoxy groups -OCH3 is 1. The molecule has 0 saturated heterocycles. The molecule has 144 valence electrons. The van der Waals surface area contributed by atoms with E-state index in [1.165, 1.54) is 7.11 Å². The van der Waals surface area contributed by atoms with Crippen molar-refractivity contribution in [2.45, 2.75) is 6.54 Å². The quantitative estimate of drug-likeness (QED) is 0.422. The summed E-state index contributed by atoms with van der Waals surface area (Å²) in [6.45, 7) is -0.526. The van der Waals surface area contributed by atoms with Gasteiger partial charge in [-0.15, -0.1) is 0 Å². The maximum atomic E-state index is 12.2. The lowest BCUT2D eigenvalue weighted by molar-refractivity contribution is -0.147. The number of fused-ring (bicyclic) bond motifs is 1. The number of para-hydroxylation sites is 1. The van der Waals surface area contributed by atoms with E-state index < -0.39 is 24.5 Å². The maximum absolute atomic E-state index is 12.2. The lowest BCUT2D eigenvalue weighted by Crippen LogP contribution is -2.22. The zero-order chi connectivity index (χ0) is 20.1. The Hall–Kier alpha value is -2.88. The highest BCUT2D eigenvalue weighted by Crippen LogP contribution is 2.22. The summed E-state index contributed by atoms with van der Waals surface area (Å²) in [4.78, 5) is 36.1. The van der Waals surface area contributed by atoms with Crippen LogP contribution in [-0.2, 0) is 25.6 Å². The zero-order valence-corrected chi connectivity index (χ0v) is 17.1. The van der Waals surface area contributed by atoms with Gasteiger partial charge in [-0.2, -0.15) is 0 Å². The topological polar surface area (TPSA) is 86.6 Å². The maximum Gasteiger partial charge on any atom is 0.340 e. The van der Waals surface area contributed by atoms with E-state index >= 15 is 0 Å². The fourth-order valence-corrected chi connectivity index (χ4v) is 3.29. The summed E-state index contributed by atoms with van der Waals surface area (Å²) in [7, 11) is 1.30. The van der Waals surface area contributed by atoms with E-state index in [1.54, 1.807) is 47.2 Å². The van der Waals surface area contributed by atoms with Gasteiger partial charge in [-0.25, -0.2) is 4.79 Å². The summed E-state index contributed by atoms with van der Waals surface area (Å²) >= 11 is 2.14. The van der Waals surface area contributed by atoms with Crippen LogP contribution in [0.5, 0.6) is 0 Å². The number of esters is 2. The number of ether oxygens (including phenoxy) is 2. The molecule has 8 heteroatoms. The molecule has 2 aromatic carbocycles. The number of hydrogen-bond acceptors (Lipinski definition) is 5. The Morgan fingerprint density at radius 1 is 1.11 bits per heavy atom. The Balaban J connectivity index is 1.63. The van der Waals surface area contributed by atoms with Crippen LogP contribution in [0.1, 0.15) is 10.4 Å². The van der Waals surface area contributed by atoms with Gasteiger partial charge in [0.05, 0.1) is 12.7 Å². The molecule has 3 rings (SSSR count). The first kappa shape index (κ1) is 19.9. The minimum absolute atomic E-state index is 0.131. The third-order valence-electron chi connectivity index (χ3n) is 3.97. The SMILES string of the molecule is COC(=O)c1cn(CC(=O)OCC(=O)Nc2cccc(I)c2)c2ccccc12. The van der Waals surface area contributed by atoms with Crippen molar-refractivity contribution in [2.24, 2.45) is 0 Å². The molecule has 0 atom stereocenters. The molecule has 0 aliphatic heterocycles. The number of nitrogens with one attached hydrogen (secondary N) is 1. The molecule has 1 N–H and O–H groups in total. The average Bonchev–Trinajstić information content (AvgIpc) is 3.04. The summed E-state index contributed by atoms with van der Waals surface area (Å²) in [6, 6.07) is 14.5. The van der Waals surface area contributed by atoms with Gasteiger partial charge < -0.3 is 19.4 Å². The Morgan fingerprint density at radius 2 is 1.89 bits per heavy atom. The number of amides is 1. The lowest BCUT2D eigenvalue weighted by atomic mass is 10.2. The van der Waals surface area contributed by atoms with Crippen LogP contribution in [0.2, 0.25) is 0 Å². The second-order valence-corrected chi connectivity index (χ2v) is 7.14. The van der Waals surface area contributed by atoms with Crippen LogP contribution in [0, 0.1) is 3.57 Å². The highest BCUT2D eigenvalue weighted by atomic mass is 127. The number of carbonyl (C=O) groups excluding carboxylic acids is 3. The van der Waals surface area contributed by atoms with Crippen LogP contribution in [0.25, 0.3) is 10.9 Å². The van der Waals surface area contributed by atoms with Gasteiger partial charge in [-0.3, -0.25) is 9.59 Å². The Kier molecular flexibility index (Phi) is 6.30. The minimum Gasteiger partial charge on any atom is -0.465 e. The molecule has 1 amide bonds. The number of rotatable bonds is 6. The summed E-state index contributed by atoms with van der Waals surface area (Å²) in [5, 5.41) is 3.35. The molecule has 0 radical (unpaired) electrons. The predicted octanol–water partition coefficient (Wildman–Crippen LogP) is 3.21. The van der Waals surface area contributed by atoms with Gasteiger partial charge in [-0.1, -0.05) is 24.3 Å². The fourth-order valence-electron chi connectivity index (χ4n) is 2.74. The number of anilines is 1. The summed E-state index contributed by atoms with van der Waals surface area (Å²) in [6.07, 6.45) is 1.55. The van der Waals surface area contributed by atoms with Crippen LogP contribution >= 0.6 is 22.6 Å². The van der Waals surface area contributed by atoms with Crippen LogP contribution in [0.3, 0.4) is 0 Å². The number of nitrogens with zero attached hydrogens (tertiary/aromatic N) is 1. The molecule has 7 nitrogen and oxygen atoms in total. The van der Waals surface area contributed by atoms with Gasteiger partial charge in [0.25, 0.3) is 5.91 Å². The van der Waals surface area contributed by atoms with Crippen molar-refractivity contribution in [1.82, 2.24) is 4.57 Å². The summed E-state index contributed by atoms with van der Waals surface area (Å²) < 4.78 is 12.4. The van der Waals surface area contributed by atoms with Crippen molar-refractivity contribution in [1.29, 1.82) is 0 Å². The first-order chi connectivity index (χ1) is 13.5. The Morgan fingerprint density at radius 3 is 2.64 bits per heavy atom. The molecule has 0 aliphatic carbocycles. The van der Waals surface area contributed by atoms with E-state index in [0.717, 1.165) is 3.57 Å². The van der Waals surface area contributed by atoms with Crippen molar-refractivity contribution < 1.29 is 23.9 Å². The number of aromatic nitrogens is 1. The number of benzene rings is 2. The number of halogens is 1. The monoisotopic (exact) mass is 492 g/mol. The predicted molar refractivity (Wildman–Crippen MR) is 112 cm³/mol. The molecule has 0 unspecified atom stereocenters. The van der Waals surface area contributed by atoms with Crippen molar-refractivity contribution in [2.75, 3.05) is 19.0 Å². The number of carbonyl (C=O) groups is 3. The fraction of sp³-hybridized carbons (Fsp3) is 0.150. The van der Waals surface area contributed by atoms with Crippen molar-refractivity contribution in [3.05, 3.63) is 63.9 Å². The molecule has 28 heavy (non-hydrogen) atoms. The molecule has 0 fully saturated rings. The van der Waals surface area contributed by atoms with Gasteiger partial charge in [-0.05, 0) is 46.9 Å². The normalized spacial score (nSPS) is 10.5. The number of hydrogen-bond donors (Lipinski definition) is 1. The molecule has 1 heterocycles. The van der Waals surface area contributed by atoms with Crippen molar-refractivity contribution in [3.8, 4) is 0 Å². The van der Waals surface area contributed by atoms with Gasteiger partial charge in [0.15, 0.2) is 6.61 Å².